The van der Waals surface area contributed by atoms with Crippen LogP contribution in [0, 0.1) is 11.3 Å². The summed E-state index contributed by atoms with van der Waals surface area (Å²) in [6, 6.07) is 20.0. The number of amidine groups is 1. The first-order valence-electron chi connectivity index (χ1n) is 10.8. The van der Waals surface area contributed by atoms with Crippen LogP contribution in [-0.4, -0.2) is 17.6 Å². The van der Waals surface area contributed by atoms with E-state index < -0.39 is 5.91 Å². The first-order chi connectivity index (χ1) is 16.3. The molecule has 170 valence electrons. The predicted molar refractivity (Wildman–Crippen MR) is 129 cm³/mol. The second kappa shape index (κ2) is 9.20. The number of nitrogens with one attached hydrogen (secondary N) is 2. The Hall–Kier alpha value is -4.44. The smallest absolute Gasteiger partial charge is 0.264 e. The molecule has 0 bridgehead atoms. The van der Waals surface area contributed by atoms with Crippen LogP contribution in [0.25, 0.3) is 5.70 Å². The van der Waals surface area contributed by atoms with E-state index in [4.69, 9.17) is 4.42 Å². The number of nitrogens with zero attached hydrogens (tertiary/aromatic N) is 2. The van der Waals surface area contributed by atoms with Gasteiger partial charge in [0.15, 0.2) is 0 Å². The lowest BCUT2D eigenvalue weighted by Gasteiger charge is -2.19. The van der Waals surface area contributed by atoms with E-state index in [9.17, 15) is 14.9 Å². The summed E-state index contributed by atoms with van der Waals surface area (Å²) in [5.74, 6) is -0.0349. The molecule has 7 heteroatoms. The van der Waals surface area contributed by atoms with Gasteiger partial charge in [-0.2, -0.15) is 5.26 Å². The number of furan rings is 1. The number of benzene rings is 2. The number of aliphatic imine (C=N–C) groups is 1. The fourth-order valence-electron chi connectivity index (χ4n) is 3.60. The van der Waals surface area contributed by atoms with E-state index in [0.29, 0.717) is 28.3 Å². The maximum Gasteiger partial charge on any atom is 0.264 e. The van der Waals surface area contributed by atoms with Gasteiger partial charge in [0.1, 0.15) is 23.2 Å². The molecule has 4 rings (SSSR count). The molecular weight excluding hydrogens is 428 g/mol. The van der Waals surface area contributed by atoms with E-state index in [1.165, 1.54) is 6.26 Å². The third-order valence-electron chi connectivity index (χ3n) is 5.48. The van der Waals surface area contributed by atoms with Gasteiger partial charge in [-0.15, -0.1) is 0 Å². The van der Waals surface area contributed by atoms with Crippen LogP contribution in [0.3, 0.4) is 0 Å². The quantitative estimate of drug-likeness (QED) is 0.454. The van der Waals surface area contributed by atoms with E-state index in [2.05, 4.69) is 36.4 Å². The van der Waals surface area contributed by atoms with Crippen molar-refractivity contribution >= 4 is 23.3 Å². The van der Waals surface area contributed by atoms with Crippen molar-refractivity contribution in [3.8, 4) is 6.07 Å². The Morgan fingerprint density at radius 3 is 2.32 bits per heavy atom. The second-order valence-corrected chi connectivity index (χ2v) is 8.88. The van der Waals surface area contributed by atoms with Crippen LogP contribution in [0.2, 0.25) is 0 Å². The number of fused-ring (bicyclic) bond motifs is 1. The van der Waals surface area contributed by atoms with Crippen molar-refractivity contribution in [2.75, 3.05) is 0 Å². The van der Waals surface area contributed by atoms with Gasteiger partial charge in [0.2, 0.25) is 0 Å². The van der Waals surface area contributed by atoms with E-state index in [1.807, 2.05) is 24.3 Å². The Bertz CT molecular complexity index is 1340. The summed E-state index contributed by atoms with van der Waals surface area (Å²) < 4.78 is 5.22. The lowest BCUT2D eigenvalue weighted by atomic mass is 9.87. The van der Waals surface area contributed by atoms with Gasteiger partial charge in [0.25, 0.3) is 11.8 Å². The molecule has 0 fully saturated rings. The average molecular weight is 453 g/mol. The lowest BCUT2D eigenvalue weighted by molar-refractivity contribution is -0.117. The Labute approximate surface area is 197 Å². The third kappa shape index (κ3) is 4.66. The van der Waals surface area contributed by atoms with E-state index >= 15 is 0 Å². The summed E-state index contributed by atoms with van der Waals surface area (Å²) in [5, 5.41) is 15.2. The van der Waals surface area contributed by atoms with Crippen molar-refractivity contribution in [3.05, 3.63) is 101 Å². The Balaban J connectivity index is 1.61. The number of hydrogen-bond acceptors (Lipinski definition) is 5. The van der Waals surface area contributed by atoms with Gasteiger partial charge in [-0.1, -0.05) is 57.2 Å². The Morgan fingerprint density at radius 2 is 1.71 bits per heavy atom. The number of nitriles is 1. The van der Waals surface area contributed by atoms with E-state index in [-0.39, 0.29) is 29.1 Å². The van der Waals surface area contributed by atoms with Crippen molar-refractivity contribution in [1.29, 1.82) is 5.26 Å². The van der Waals surface area contributed by atoms with Crippen LogP contribution >= 0.6 is 0 Å². The first-order valence-corrected chi connectivity index (χ1v) is 10.8. The SMILES string of the molecule is CC(C)(C)c1ccc(C(=O)NC2=NC(=C(C#N)C(=O)NCc3ccco3)c3ccccc32)cc1. The highest BCUT2D eigenvalue weighted by molar-refractivity contribution is 6.20. The average Bonchev–Trinajstić information content (AvgIpc) is 3.47. The van der Waals surface area contributed by atoms with Crippen LogP contribution in [0.15, 0.2) is 81.9 Å². The monoisotopic (exact) mass is 452 g/mol. The summed E-state index contributed by atoms with van der Waals surface area (Å²) in [7, 11) is 0. The van der Waals surface area contributed by atoms with Crippen molar-refractivity contribution in [1.82, 2.24) is 10.6 Å². The summed E-state index contributed by atoms with van der Waals surface area (Å²) in [5.41, 5.74) is 2.91. The zero-order valence-corrected chi connectivity index (χ0v) is 19.2. The number of hydrogen-bond donors (Lipinski definition) is 2. The topological polar surface area (TPSA) is 107 Å². The molecule has 0 spiro atoms. The number of carbonyl (C=O) groups excluding carboxylic acids is 2. The normalized spacial score (nSPS) is 14.0. The van der Waals surface area contributed by atoms with Crippen molar-refractivity contribution in [2.45, 2.75) is 32.7 Å². The fourth-order valence-corrected chi connectivity index (χ4v) is 3.60. The first kappa shape index (κ1) is 22.7. The molecule has 0 atom stereocenters. The van der Waals surface area contributed by atoms with Crippen LogP contribution in [0.5, 0.6) is 0 Å². The molecule has 34 heavy (non-hydrogen) atoms. The number of rotatable bonds is 4. The number of carbonyl (C=O) groups is 2. The van der Waals surface area contributed by atoms with E-state index in [0.717, 1.165) is 5.56 Å². The summed E-state index contributed by atoms with van der Waals surface area (Å²) in [6.07, 6.45) is 1.51. The Kier molecular flexibility index (Phi) is 6.15. The van der Waals surface area contributed by atoms with Gasteiger partial charge in [-0.05, 0) is 35.2 Å². The second-order valence-electron chi connectivity index (χ2n) is 8.88. The maximum atomic E-state index is 12.9. The molecule has 0 saturated carbocycles. The molecule has 2 N–H and O–H groups in total. The van der Waals surface area contributed by atoms with Gasteiger partial charge in [0, 0.05) is 16.7 Å². The highest BCUT2D eigenvalue weighted by Gasteiger charge is 2.27. The molecule has 0 radical (unpaired) electrons. The third-order valence-corrected chi connectivity index (χ3v) is 5.48. The van der Waals surface area contributed by atoms with Gasteiger partial charge in [-0.3, -0.25) is 9.59 Å². The zero-order chi connectivity index (χ0) is 24.3. The molecule has 1 aliphatic heterocycles. The summed E-state index contributed by atoms with van der Waals surface area (Å²) in [6.45, 7) is 6.47. The van der Waals surface area contributed by atoms with Crippen molar-refractivity contribution < 1.29 is 14.0 Å². The molecule has 7 nitrogen and oxygen atoms in total. The minimum atomic E-state index is -0.571. The maximum absolute atomic E-state index is 12.9. The standard InChI is InChI=1S/C27H24N4O3/c1-27(2,3)18-12-10-17(11-13-18)25(32)31-24-21-9-5-4-8-20(21)23(30-24)22(15-28)26(33)29-16-19-7-6-14-34-19/h4-14H,16H2,1-3H3,(H,29,33)(H,30,31,32). The highest BCUT2D eigenvalue weighted by Crippen LogP contribution is 2.31. The fraction of sp³-hybridized carbons (Fsp3) is 0.185. The zero-order valence-electron chi connectivity index (χ0n) is 19.2. The van der Waals surface area contributed by atoms with Crippen molar-refractivity contribution in [3.63, 3.8) is 0 Å². The minimum absolute atomic E-state index is 0.0195. The molecule has 3 aromatic rings. The predicted octanol–water partition coefficient (Wildman–Crippen LogP) is 4.32. The molecule has 0 aliphatic carbocycles. The van der Waals surface area contributed by atoms with Crippen LogP contribution in [0.1, 0.15) is 53.6 Å². The van der Waals surface area contributed by atoms with Gasteiger partial charge in [0.05, 0.1) is 18.5 Å². The molecule has 1 aromatic heterocycles. The minimum Gasteiger partial charge on any atom is -0.467 e. The molecule has 1 aliphatic rings. The van der Waals surface area contributed by atoms with Gasteiger partial charge >= 0.3 is 0 Å². The van der Waals surface area contributed by atoms with E-state index in [1.54, 1.807) is 42.5 Å². The van der Waals surface area contributed by atoms with Crippen molar-refractivity contribution in [2.24, 2.45) is 4.99 Å². The highest BCUT2D eigenvalue weighted by atomic mass is 16.3. The van der Waals surface area contributed by atoms with Crippen LogP contribution < -0.4 is 10.6 Å². The summed E-state index contributed by atoms with van der Waals surface area (Å²) >= 11 is 0. The summed E-state index contributed by atoms with van der Waals surface area (Å²) in [4.78, 5) is 30.1. The van der Waals surface area contributed by atoms with Gasteiger partial charge < -0.3 is 15.1 Å². The Morgan fingerprint density at radius 1 is 1.00 bits per heavy atom. The molecule has 2 aromatic carbocycles. The molecule has 2 amide bonds. The molecule has 0 unspecified atom stereocenters. The molecule has 2 heterocycles. The molecular formula is C27H24N4O3. The molecule has 0 saturated heterocycles. The lowest BCUT2D eigenvalue weighted by Crippen LogP contribution is -2.30. The number of amides is 2. The van der Waals surface area contributed by atoms with Gasteiger partial charge in [-0.25, -0.2) is 4.99 Å². The largest absolute Gasteiger partial charge is 0.467 e. The van der Waals surface area contributed by atoms with Crippen LogP contribution in [-0.2, 0) is 16.8 Å². The van der Waals surface area contributed by atoms with Crippen LogP contribution in [0.4, 0.5) is 0 Å².